The van der Waals surface area contributed by atoms with E-state index in [4.69, 9.17) is 4.52 Å². The Balaban J connectivity index is 1.54. The van der Waals surface area contributed by atoms with Crippen LogP contribution in [0, 0.1) is 0 Å². The fraction of sp³-hybridized carbons (Fsp3) is 0.500. The van der Waals surface area contributed by atoms with Gasteiger partial charge >= 0.3 is 0 Å². The Morgan fingerprint density at radius 1 is 1.36 bits per heavy atom. The summed E-state index contributed by atoms with van der Waals surface area (Å²) < 4.78 is 5.31. The van der Waals surface area contributed by atoms with Crippen LogP contribution in [-0.4, -0.2) is 53.7 Å². The summed E-state index contributed by atoms with van der Waals surface area (Å²) in [5.74, 6) is 0.910. The minimum atomic E-state index is -0.320. The molecular formula is C18H25N5O2. The minimum Gasteiger partial charge on any atom is -0.343 e. The van der Waals surface area contributed by atoms with E-state index in [1.807, 2.05) is 44.3 Å². The third-order valence-electron chi connectivity index (χ3n) is 4.55. The summed E-state index contributed by atoms with van der Waals surface area (Å²) in [6, 6.07) is 9.76. The topological polar surface area (TPSA) is 83.3 Å². The van der Waals surface area contributed by atoms with Crippen LogP contribution in [0.5, 0.6) is 0 Å². The fourth-order valence-electron chi connectivity index (χ4n) is 3.07. The van der Waals surface area contributed by atoms with E-state index >= 15 is 0 Å². The molecule has 1 amide bonds. The van der Waals surface area contributed by atoms with Gasteiger partial charge in [-0.05, 0) is 39.9 Å². The first-order chi connectivity index (χ1) is 12.1. The van der Waals surface area contributed by atoms with E-state index in [0.717, 1.165) is 31.5 Å². The zero-order valence-corrected chi connectivity index (χ0v) is 14.7. The Labute approximate surface area is 147 Å². The van der Waals surface area contributed by atoms with E-state index in [1.165, 1.54) is 0 Å². The quantitative estimate of drug-likeness (QED) is 0.829. The minimum absolute atomic E-state index is 0.0343. The van der Waals surface area contributed by atoms with Crippen LogP contribution in [-0.2, 0) is 4.79 Å². The van der Waals surface area contributed by atoms with Gasteiger partial charge in [-0.25, -0.2) is 0 Å². The van der Waals surface area contributed by atoms with E-state index in [-0.39, 0.29) is 11.9 Å². The lowest BCUT2D eigenvalue weighted by Gasteiger charge is -2.31. The monoisotopic (exact) mass is 343 g/mol. The molecule has 1 aromatic carbocycles. The van der Waals surface area contributed by atoms with Gasteiger partial charge in [-0.15, -0.1) is 0 Å². The normalized spacial score (nSPS) is 16.8. The van der Waals surface area contributed by atoms with E-state index in [0.29, 0.717) is 24.3 Å². The van der Waals surface area contributed by atoms with Crippen molar-refractivity contribution in [1.82, 2.24) is 25.7 Å². The molecule has 1 atom stereocenters. The third kappa shape index (κ3) is 4.64. The number of hydrogen-bond donors (Lipinski definition) is 2. The molecule has 25 heavy (non-hydrogen) atoms. The second-order valence-corrected chi connectivity index (χ2v) is 6.51. The molecule has 134 valence electrons. The lowest BCUT2D eigenvalue weighted by atomic mass is 10.1. The number of benzene rings is 1. The van der Waals surface area contributed by atoms with Crippen LogP contribution in [0.15, 0.2) is 34.9 Å². The first-order valence-corrected chi connectivity index (χ1v) is 8.73. The molecule has 2 heterocycles. The van der Waals surface area contributed by atoms with Crippen molar-refractivity contribution in [3.63, 3.8) is 0 Å². The lowest BCUT2D eigenvalue weighted by Crippen LogP contribution is -2.45. The van der Waals surface area contributed by atoms with Crippen molar-refractivity contribution in [2.75, 3.05) is 26.7 Å². The van der Waals surface area contributed by atoms with Crippen molar-refractivity contribution in [2.45, 2.75) is 31.8 Å². The molecule has 3 rings (SSSR count). The molecular weight excluding hydrogens is 318 g/mol. The molecule has 1 aromatic heterocycles. The highest BCUT2D eigenvalue weighted by Gasteiger charge is 2.22. The predicted molar refractivity (Wildman–Crippen MR) is 94.8 cm³/mol. The second kappa shape index (κ2) is 8.22. The van der Waals surface area contributed by atoms with E-state index < -0.39 is 0 Å². The Hall–Kier alpha value is -2.25. The molecule has 0 saturated carbocycles. The molecule has 1 saturated heterocycles. The highest BCUT2D eigenvalue weighted by atomic mass is 16.5. The van der Waals surface area contributed by atoms with Crippen LogP contribution in [0.4, 0.5) is 0 Å². The third-order valence-corrected chi connectivity index (χ3v) is 4.55. The average molecular weight is 343 g/mol. The summed E-state index contributed by atoms with van der Waals surface area (Å²) in [5.41, 5.74) is 0.890. The standard InChI is InChI=1S/C18H25N5O2/c1-13(18-21-17(22-25-18)14-6-4-3-5-7-14)20-16(24)12-23(2)15-8-10-19-11-9-15/h3-7,13,15,19H,8-12H2,1-2H3,(H,20,24)/t13-/m1/s1. The largest absolute Gasteiger partial charge is 0.343 e. The zero-order valence-electron chi connectivity index (χ0n) is 14.7. The number of carbonyl (C=O) groups excluding carboxylic acids is 1. The van der Waals surface area contributed by atoms with Crippen LogP contribution in [0.3, 0.4) is 0 Å². The number of amides is 1. The van der Waals surface area contributed by atoms with Gasteiger partial charge in [0, 0.05) is 11.6 Å². The summed E-state index contributed by atoms with van der Waals surface area (Å²) in [4.78, 5) is 18.8. The van der Waals surface area contributed by atoms with Crippen LogP contribution in [0.2, 0.25) is 0 Å². The maximum atomic E-state index is 12.3. The van der Waals surface area contributed by atoms with Gasteiger partial charge in [0.05, 0.1) is 6.54 Å². The number of nitrogens with zero attached hydrogens (tertiary/aromatic N) is 3. The van der Waals surface area contributed by atoms with Crippen molar-refractivity contribution in [3.05, 3.63) is 36.2 Å². The first-order valence-electron chi connectivity index (χ1n) is 8.73. The van der Waals surface area contributed by atoms with Crippen LogP contribution >= 0.6 is 0 Å². The molecule has 2 N–H and O–H groups in total. The van der Waals surface area contributed by atoms with Crippen molar-refractivity contribution < 1.29 is 9.32 Å². The smallest absolute Gasteiger partial charge is 0.249 e. The highest BCUT2D eigenvalue weighted by molar-refractivity contribution is 5.78. The maximum Gasteiger partial charge on any atom is 0.249 e. The fourth-order valence-corrected chi connectivity index (χ4v) is 3.07. The summed E-state index contributed by atoms with van der Waals surface area (Å²) in [6.45, 7) is 4.24. The Morgan fingerprint density at radius 2 is 2.08 bits per heavy atom. The molecule has 0 spiro atoms. The summed E-state index contributed by atoms with van der Waals surface area (Å²) in [6.07, 6.45) is 2.15. The average Bonchev–Trinajstić information content (AvgIpc) is 3.13. The number of nitrogens with one attached hydrogen (secondary N) is 2. The molecule has 1 aliphatic rings. The maximum absolute atomic E-state index is 12.3. The van der Waals surface area contributed by atoms with Crippen LogP contribution in [0.25, 0.3) is 11.4 Å². The lowest BCUT2D eigenvalue weighted by molar-refractivity contribution is -0.123. The summed E-state index contributed by atoms with van der Waals surface area (Å²) >= 11 is 0. The zero-order chi connectivity index (χ0) is 17.6. The molecule has 2 aromatic rings. The van der Waals surface area contributed by atoms with Crippen LogP contribution < -0.4 is 10.6 Å². The summed E-state index contributed by atoms with van der Waals surface area (Å²) in [5, 5.41) is 10.3. The van der Waals surface area contributed by atoms with Gasteiger partial charge in [-0.3, -0.25) is 9.69 Å². The number of rotatable bonds is 6. The van der Waals surface area contributed by atoms with Crippen molar-refractivity contribution in [2.24, 2.45) is 0 Å². The van der Waals surface area contributed by atoms with E-state index in [1.54, 1.807) is 0 Å². The van der Waals surface area contributed by atoms with Crippen molar-refractivity contribution in [1.29, 1.82) is 0 Å². The molecule has 0 bridgehead atoms. The molecule has 7 heteroatoms. The molecule has 1 aliphatic heterocycles. The number of likely N-dealkylation sites (N-methyl/N-ethyl adjacent to an activating group) is 1. The number of hydrogen-bond acceptors (Lipinski definition) is 6. The Bertz CT molecular complexity index is 682. The van der Waals surface area contributed by atoms with Gasteiger partial charge in [0.2, 0.25) is 17.6 Å². The second-order valence-electron chi connectivity index (χ2n) is 6.51. The summed E-state index contributed by atoms with van der Waals surface area (Å²) in [7, 11) is 2.00. The molecule has 7 nitrogen and oxygen atoms in total. The van der Waals surface area contributed by atoms with Gasteiger partial charge in [0.25, 0.3) is 0 Å². The number of aromatic nitrogens is 2. The van der Waals surface area contributed by atoms with Gasteiger partial charge < -0.3 is 15.2 Å². The van der Waals surface area contributed by atoms with Gasteiger partial charge in [-0.1, -0.05) is 35.5 Å². The Morgan fingerprint density at radius 3 is 2.80 bits per heavy atom. The van der Waals surface area contributed by atoms with E-state index in [2.05, 4.69) is 25.7 Å². The molecule has 0 unspecified atom stereocenters. The molecule has 0 aliphatic carbocycles. The van der Waals surface area contributed by atoms with Gasteiger partial charge in [0.1, 0.15) is 6.04 Å². The predicted octanol–water partition coefficient (Wildman–Crippen LogP) is 1.60. The number of carbonyl (C=O) groups is 1. The highest BCUT2D eigenvalue weighted by Crippen LogP contribution is 2.18. The van der Waals surface area contributed by atoms with Gasteiger partial charge in [-0.2, -0.15) is 4.98 Å². The Kier molecular flexibility index (Phi) is 5.78. The van der Waals surface area contributed by atoms with Crippen molar-refractivity contribution in [3.8, 4) is 11.4 Å². The molecule has 0 radical (unpaired) electrons. The first kappa shape index (κ1) is 17.6. The van der Waals surface area contributed by atoms with E-state index in [9.17, 15) is 4.79 Å². The van der Waals surface area contributed by atoms with Crippen molar-refractivity contribution >= 4 is 5.91 Å². The van der Waals surface area contributed by atoms with Crippen LogP contribution in [0.1, 0.15) is 31.7 Å². The molecule has 1 fully saturated rings. The number of piperidine rings is 1. The SMILES string of the molecule is C[C@@H](NC(=O)CN(C)C1CCNCC1)c1nc(-c2ccccc2)no1. The van der Waals surface area contributed by atoms with Gasteiger partial charge in [0.15, 0.2) is 0 Å².